The third-order valence-electron chi connectivity index (χ3n) is 9.42. The fourth-order valence-electron chi connectivity index (χ4n) is 6.87. The first-order valence-electron chi connectivity index (χ1n) is 17.4. The minimum atomic E-state index is -1.09. The molecule has 3 aliphatic rings. The van der Waals surface area contributed by atoms with Crippen molar-refractivity contribution in [3.05, 3.63) is 74.9 Å². The van der Waals surface area contributed by atoms with Crippen molar-refractivity contribution in [3.8, 4) is 23.1 Å². The zero-order chi connectivity index (χ0) is 36.3. The third-order valence-corrected chi connectivity index (χ3v) is 10.8. The highest BCUT2D eigenvalue weighted by atomic mass is 35.5. The Morgan fingerprint density at radius 3 is 2.55 bits per heavy atom. The number of morpholine rings is 1. The van der Waals surface area contributed by atoms with Crippen LogP contribution in [-0.2, 0) is 55.9 Å². The summed E-state index contributed by atoms with van der Waals surface area (Å²) in [6.45, 7) is 12.3. The normalized spacial score (nSPS) is 18.6. The van der Waals surface area contributed by atoms with Crippen molar-refractivity contribution in [2.45, 2.75) is 64.8 Å². The Morgan fingerprint density at radius 1 is 1.04 bits per heavy atom. The van der Waals surface area contributed by atoms with E-state index in [0.717, 1.165) is 86.7 Å². The number of fused-ring (bicyclic) bond motifs is 2. The van der Waals surface area contributed by atoms with E-state index in [9.17, 15) is 13.8 Å². The predicted octanol–water partition coefficient (Wildman–Crippen LogP) is 4.98. The molecule has 0 bridgehead atoms. The lowest BCUT2D eigenvalue weighted by molar-refractivity contribution is -0.147. The molecule has 3 aromatic rings. The van der Waals surface area contributed by atoms with Crippen LogP contribution in [0.3, 0.4) is 0 Å². The van der Waals surface area contributed by atoms with Gasteiger partial charge in [0.25, 0.3) is 0 Å². The van der Waals surface area contributed by atoms with Crippen molar-refractivity contribution in [2.24, 2.45) is 0 Å². The number of aromatic nitrogens is 2. The van der Waals surface area contributed by atoms with Crippen molar-refractivity contribution < 1.29 is 28.0 Å². The molecule has 13 heteroatoms. The molecular formula is C38H46ClN5O6S. The number of esters is 1. The molecule has 1 amide bonds. The second-order valence-corrected chi connectivity index (χ2v) is 15.8. The van der Waals surface area contributed by atoms with E-state index in [1.54, 1.807) is 27.0 Å². The molecule has 3 aliphatic heterocycles. The monoisotopic (exact) mass is 735 g/mol. The molecule has 2 unspecified atom stereocenters. The number of hydrogen-bond acceptors (Lipinski definition) is 8. The predicted molar refractivity (Wildman–Crippen MR) is 197 cm³/mol. The van der Waals surface area contributed by atoms with Crippen LogP contribution in [0.4, 0.5) is 4.79 Å². The molecule has 0 saturated carbocycles. The molecule has 51 heavy (non-hydrogen) atoms. The number of methoxy groups -OCH3 is 1. The highest BCUT2D eigenvalue weighted by Gasteiger charge is 2.39. The number of hydrogen-bond donors (Lipinski definition) is 0. The smallest absolute Gasteiger partial charge is 0.411 e. The Balaban J connectivity index is 1.26. The second-order valence-electron chi connectivity index (χ2n) is 14.0. The summed E-state index contributed by atoms with van der Waals surface area (Å²) in [5.74, 6) is 5.99. The molecule has 1 saturated heterocycles. The standard InChI is InChI=1S/C38H46ClN5O6S/c1-38(2,3)50-37(46)43-18-13-27-23-26(8-11-30(27)35(43)36(45)48-4)7-9-28-24-29(10-12-32(28)39)34-31-25-42(51(5)47)17-14-33(31)44(40-34)16-6-15-41-19-21-49-22-20-41/h8,10-12,23-24,35H,6,13-22,25H2,1-5H3. The lowest BCUT2D eigenvalue weighted by atomic mass is 9.91. The van der Waals surface area contributed by atoms with Gasteiger partial charge in [-0.15, -0.1) is 0 Å². The Bertz CT molecular complexity index is 1870. The van der Waals surface area contributed by atoms with E-state index in [-0.39, 0.29) is 0 Å². The summed E-state index contributed by atoms with van der Waals surface area (Å²) in [7, 11) is 0.227. The number of ether oxygens (including phenoxy) is 3. The van der Waals surface area contributed by atoms with E-state index in [4.69, 9.17) is 30.9 Å². The van der Waals surface area contributed by atoms with E-state index in [2.05, 4.69) is 21.4 Å². The van der Waals surface area contributed by atoms with Gasteiger partial charge in [-0.2, -0.15) is 5.10 Å². The zero-order valence-corrected chi connectivity index (χ0v) is 31.6. The van der Waals surface area contributed by atoms with Gasteiger partial charge in [-0.3, -0.25) is 14.5 Å². The molecule has 4 heterocycles. The van der Waals surface area contributed by atoms with Crippen LogP contribution in [0.25, 0.3) is 11.3 Å². The minimum absolute atomic E-state index is 0.305. The van der Waals surface area contributed by atoms with Gasteiger partial charge in [0, 0.05) is 86.4 Å². The SMILES string of the molecule is COC(=O)C1c2ccc(C#Cc3cc(-c4nn(CCCN5CCOCC5)c5c4CN(S(C)=O)CC5)ccc3Cl)cc2CCN1C(=O)OC(C)(C)C. The van der Waals surface area contributed by atoms with Crippen molar-refractivity contribution in [1.29, 1.82) is 0 Å². The van der Waals surface area contributed by atoms with Gasteiger partial charge in [0.15, 0.2) is 6.04 Å². The summed E-state index contributed by atoms with van der Waals surface area (Å²) in [5.41, 5.74) is 6.39. The van der Waals surface area contributed by atoms with Gasteiger partial charge in [-0.25, -0.2) is 18.1 Å². The Morgan fingerprint density at radius 2 is 1.82 bits per heavy atom. The van der Waals surface area contributed by atoms with E-state index < -0.39 is 34.7 Å². The molecule has 1 aromatic heterocycles. The summed E-state index contributed by atoms with van der Waals surface area (Å²) in [6.07, 6.45) is 3.46. The fraction of sp³-hybridized carbons (Fsp3) is 0.500. The quantitative estimate of drug-likeness (QED) is 0.247. The fourth-order valence-corrected chi connectivity index (χ4v) is 7.69. The van der Waals surface area contributed by atoms with Crippen LogP contribution in [0, 0.1) is 11.8 Å². The van der Waals surface area contributed by atoms with Gasteiger partial charge in [0.1, 0.15) is 5.60 Å². The highest BCUT2D eigenvalue weighted by molar-refractivity contribution is 7.81. The van der Waals surface area contributed by atoms with Gasteiger partial charge in [0.2, 0.25) is 0 Å². The number of nitrogens with zero attached hydrogens (tertiary/aromatic N) is 5. The number of aryl methyl sites for hydroxylation is 1. The van der Waals surface area contributed by atoms with E-state index in [1.165, 1.54) is 17.7 Å². The maximum atomic E-state index is 13.0. The van der Waals surface area contributed by atoms with Crippen LogP contribution < -0.4 is 0 Å². The number of halogens is 1. The van der Waals surface area contributed by atoms with E-state index >= 15 is 0 Å². The van der Waals surface area contributed by atoms with E-state index in [0.29, 0.717) is 35.7 Å². The number of carbonyl (C=O) groups is 2. The van der Waals surface area contributed by atoms with Crippen LogP contribution in [0.2, 0.25) is 5.02 Å². The Labute approximate surface area is 307 Å². The largest absolute Gasteiger partial charge is 0.467 e. The van der Waals surface area contributed by atoms with E-state index in [1.807, 2.05) is 40.7 Å². The van der Waals surface area contributed by atoms with Gasteiger partial charge in [-0.05, 0) is 69.0 Å². The number of benzene rings is 2. The van der Waals surface area contributed by atoms with Gasteiger partial charge in [0.05, 0.1) is 42.0 Å². The van der Waals surface area contributed by atoms with Crippen LogP contribution in [0.15, 0.2) is 36.4 Å². The molecule has 272 valence electrons. The Kier molecular flexibility index (Phi) is 11.5. The topological polar surface area (TPSA) is 106 Å². The summed E-state index contributed by atoms with van der Waals surface area (Å²) in [6, 6.07) is 10.5. The molecule has 11 nitrogen and oxygen atoms in total. The molecule has 0 aliphatic carbocycles. The molecule has 2 atom stereocenters. The second kappa shape index (κ2) is 15.9. The summed E-state index contributed by atoms with van der Waals surface area (Å²) >= 11 is 6.69. The molecule has 0 spiro atoms. The number of amides is 1. The number of carbonyl (C=O) groups excluding carboxylic acids is 2. The van der Waals surface area contributed by atoms with Crippen LogP contribution in [0.1, 0.15) is 66.7 Å². The van der Waals surface area contributed by atoms with Gasteiger partial charge < -0.3 is 14.2 Å². The van der Waals surface area contributed by atoms with Gasteiger partial charge in [-0.1, -0.05) is 35.6 Å². The third kappa shape index (κ3) is 8.67. The van der Waals surface area contributed by atoms with Crippen LogP contribution in [0.5, 0.6) is 0 Å². The van der Waals surface area contributed by atoms with Crippen LogP contribution in [-0.4, -0.2) is 105 Å². The molecular weight excluding hydrogens is 690 g/mol. The summed E-state index contributed by atoms with van der Waals surface area (Å²) in [4.78, 5) is 29.8. The lowest BCUT2D eigenvalue weighted by Crippen LogP contribution is -2.46. The molecule has 2 aromatic carbocycles. The Hall–Kier alpha value is -3.73. The first kappa shape index (κ1) is 37.0. The van der Waals surface area contributed by atoms with Crippen LogP contribution >= 0.6 is 11.6 Å². The molecule has 0 radical (unpaired) electrons. The lowest BCUT2D eigenvalue weighted by Gasteiger charge is -2.36. The minimum Gasteiger partial charge on any atom is -0.467 e. The molecule has 1 fully saturated rings. The molecule has 6 rings (SSSR count). The maximum absolute atomic E-state index is 13.0. The first-order chi connectivity index (χ1) is 24.4. The highest BCUT2D eigenvalue weighted by Crippen LogP contribution is 2.34. The average molecular weight is 736 g/mol. The number of rotatable bonds is 7. The van der Waals surface area contributed by atoms with Crippen molar-refractivity contribution in [2.75, 3.05) is 59.3 Å². The summed E-state index contributed by atoms with van der Waals surface area (Å²) < 4.78 is 32.8. The zero-order valence-electron chi connectivity index (χ0n) is 30.0. The van der Waals surface area contributed by atoms with Crippen molar-refractivity contribution in [1.82, 2.24) is 23.9 Å². The summed E-state index contributed by atoms with van der Waals surface area (Å²) in [5, 5.41) is 5.65. The average Bonchev–Trinajstić information content (AvgIpc) is 3.47. The van der Waals surface area contributed by atoms with Crippen molar-refractivity contribution >= 4 is 34.6 Å². The van der Waals surface area contributed by atoms with Gasteiger partial charge >= 0.3 is 12.1 Å². The maximum Gasteiger partial charge on any atom is 0.411 e. The first-order valence-corrected chi connectivity index (χ1v) is 19.3. The van der Waals surface area contributed by atoms with Crippen molar-refractivity contribution in [3.63, 3.8) is 0 Å². The molecule has 0 N–H and O–H groups in total.